The molecule has 76 heavy (non-hydrogen) atoms. The van der Waals surface area contributed by atoms with Crippen molar-refractivity contribution in [2.45, 2.75) is 69.0 Å². The molecule has 6 aromatic rings. The highest BCUT2D eigenvalue weighted by Gasteiger charge is 2.38. The van der Waals surface area contributed by atoms with Gasteiger partial charge in [0.05, 0.1) is 33.3 Å². The zero-order chi connectivity index (χ0) is 55.5. The van der Waals surface area contributed by atoms with Crippen molar-refractivity contribution in [3.63, 3.8) is 0 Å². The molecular formula is C52H55Cl4F5N6O9. The third-order valence-corrected chi connectivity index (χ3v) is 12.9. The van der Waals surface area contributed by atoms with Crippen LogP contribution in [0.25, 0.3) is 21.8 Å². The summed E-state index contributed by atoms with van der Waals surface area (Å²) >= 11 is 23.0. The van der Waals surface area contributed by atoms with Gasteiger partial charge in [-0.2, -0.15) is 13.2 Å². The first-order valence-corrected chi connectivity index (χ1v) is 25.2. The lowest BCUT2D eigenvalue weighted by molar-refractivity contribution is -0.192. The number of halogens is 9. The second kappa shape index (κ2) is 29.7. The maximum absolute atomic E-state index is 13.5. The number of pyridine rings is 2. The number of nitrogens with zero attached hydrogens (tertiary/aromatic N) is 4. The number of ether oxygens (including phenoxy) is 2. The smallest absolute Gasteiger partial charge is 0.490 e. The Morgan fingerprint density at radius 1 is 0.645 bits per heavy atom. The highest BCUT2D eigenvalue weighted by molar-refractivity contribution is 6.32. The van der Waals surface area contributed by atoms with Crippen molar-refractivity contribution < 1.29 is 66.2 Å². The SMILES string of the molecule is NC1CCN(CCC(O)COc2ccc(Cl)c(F)c2)CC1.O=C(NC1CCN(CCC(O)COc2ccc(Cl)c(F)c2)CC1)c1ccc2cc(Cl)ccc2n1.O=C(O)C(F)(F)F.O=C(O)c1ccc2cc(Cl)ccc2n1. The highest BCUT2D eigenvalue weighted by Crippen LogP contribution is 2.24. The normalized spacial score (nSPS) is 15.2. The van der Waals surface area contributed by atoms with Crippen LogP contribution >= 0.6 is 46.4 Å². The Morgan fingerprint density at radius 3 is 1.49 bits per heavy atom. The summed E-state index contributed by atoms with van der Waals surface area (Å²) in [6.45, 7) is 5.39. The van der Waals surface area contributed by atoms with Gasteiger partial charge in [0.2, 0.25) is 0 Å². The van der Waals surface area contributed by atoms with Gasteiger partial charge in [-0.15, -0.1) is 0 Å². The number of nitrogens with two attached hydrogens (primary N) is 1. The Kier molecular flexibility index (Phi) is 23.9. The first kappa shape index (κ1) is 61.2. The minimum absolute atomic E-state index is 0.0337. The number of alkyl halides is 3. The minimum atomic E-state index is -5.08. The summed E-state index contributed by atoms with van der Waals surface area (Å²) in [7, 11) is 0. The van der Waals surface area contributed by atoms with Gasteiger partial charge in [0.1, 0.15) is 47.7 Å². The summed E-state index contributed by atoms with van der Waals surface area (Å²) in [5.41, 5.74) is 7.65. The number of likely N-dealkylation sites (tertiary alicyclic amines) is 2. The number of hydrogen-bond acceptors (Lipinski definition) is 12. The van der Waals surface area contributed by atoms with Crippen molar-refractivity contribution in [3.05, 3.63) is 140 Å². The van der Waals surface area contributed by atoms with E-state index >= 15 is 0 Å². The Morgan fingerprint density at radius 2 is 1.07 bits per heavy atom. The van der Waals surface area contributed by atoms with E-state index in [1.165, 1.54) is 30.3 Å². The van der Waals surface area contributed by atoms with Crippen LogP contribution in [-0.2, 0) is 4.79 Å². The number of hydrogen-bond donors (Lipinski definition) is 6. The number of piperidine rings is 2. The van der Waals surface area contributed by atoms with Crippen LogP contribution < -0.4 is 20.5 Å². The monoisotopic (exact) mass is 1140 g/mol. The third-order valence-electron chi connectivity index (χ3n) is 11.8. The minimum Gasteiger partial charge on any atom is -0.491 e. The van der Waals surface area contributed by atoms with Crippen molar-refractivity contribution in [2.75, 3.05) is 52.5 Å². The number of benzene rings is 4. The zero-order valence-corrected chi connectivity index (χ0v) is 43.6. The number of aliphatic hydroxyl groups is 2. The first-order chi connectivity index (χ1) is 36.0. The number of nitrogens with one attached hydrogen (secondary N) is 1. The van der Waals surface area contributed by atoms with E-state index in [9.17, 15) is 41.8 Å². The number of carboxylic acid groups (broad SMARTS) is 2. The Bertz CT molecular complexity index is 2880. The molecule has 8 rings (SSSR count). The number of aromatic carboxylic acids is 1. The van der Waals surface area contributed by atoms with Crippen molar-refractivity contribution in [3.8, 4) is 11.5 Å². The van der Waals surface area contributed by atoms with Crippen LogP contribution in [0.1, 0.15) is 59.5 Å². The molecule has 4 heterocycles. The lowest BCUT2D eigenvalue weighted by Gasteiger charge is -2.32. The van der Waals surface area contributed by atoms with Crippen molar-refractivity contribution in [2.24, 2.45) is 5.73 Å². The lowest BCUT2D eigenvalue weighted by atomic mass is 10.0. The molecule has 2 aliphatic heterocycles. The molecule has 2 unspecified atom stereocenters. The summed E-state index contributed by atoms with van der Waals surface area (Å²) in [4.78, 5) is 45.1. The summed E-state index contributed by atoms with van der Waals surface area (Å²) < 4.78 is 69.3. The largest absolute Gasteiger partial charge is 0.491 e. The quantitative estimate of drug-likeness (QED) is 0.0527. The molecule has 0 aliphatic carbocycles. The van der Waals surface area contributed by atoms with Crippen LogP contribution in [0, 0.1) is 11.6 Å². The van der Waals surface area contributed by atoms with Gasteiger partial charge in [0.25, 0.3) is 5.91 Å². The van der Waals surface area contributed by atoms with Crippen molar-refractivity contribution in [1.29, 1.82) is 0 Å². The number of rotatable bonds is 15. The molecule has 2 fully saturated rings. The number of aromatic nitrogens is 2. The molecule has 4 aromatic carbocycles. The van der Waals surface area contributed by atoms with Gasteiger partial charge in [-0.1, -0.05) is 58.5 Å². The van der Waals surface area contributed by atoms with Gasteiger partial charge in [-0.05, 0) is 124 Å². The number of aliphatic hydroxyl groups excluding tert-OH is 2. The predicted molar refractivity (Wildman–Crippen MR) is 280 cm³/mol. The average Bonchev–Trinajstić information content (AvgIpc) is 3.39. The molecule has 0 radical (unpaired) electrons. The van der Waals surface area contributed by atoms with E-state index in [0.717, 1.165) is 81.2 Å². The highest BCUT2D eigenvalue weighted by atomic mass is 35.5. The molecule has 0 bridgehead atoms. The molecule has 0 saturated carbocycles. The van der Waals surface area contributed by atoms with E-state index in [-0.39, 0.29) is 40.9 Å². The molecule has 15 nitrogen and oxygen atoms in total. The number of amides is 1. The summed E-state index contributed by atoms with van der Waals surface area (Å²) in [6.07, 6.45) is -1.47. The fraction of sp³-hybridized carbons (Fsp3) is 0.365. The number of carbonyl (C=O) groups excluding carboxylic acids is 1. The van der Waals surface area contributed by atoms with Gasteiger partial charge in [-0.25, -0.2) is 28.3 Å². The first-order valence-electron chi connectivity index (χ1n) is 23.7. The second-order valence-corrected chi connectivity index (χ2v) is 19.3. The topological polar surface area (TPSA) is 221 Å². The predicted octanol–water partition coefficient (Wildman–Crippen LogP) is 9.96. The molecule has 2 aromatic heterocycles. The standard InChI is InChI=1S/C25H26Cl2FN3O3.C15H22ClFN2O2.C10H6ClNO2.C2HF3O2/c26-17-2-6-23-16(13-17)1-5-24(30-23)25(33)29-18-7-10-31(11-8-18)12-9-19(32)15-34-20-3-4-21(27)22(28)14-20;16-14-2-1-13(9-15(14)17)21-10-12(20)5-8-19-6-3-11(18)4-7-19;11-7-2-4-8-6(5-7)1-3-9(12-8)10(13)14;3-2(4,5)1(6)7/h1-6,13-14,18-19,32H,7-12,15H2,(H,29,33);1-2,9,11-12,20H,3-8,10,18H2;1-5H,(H,13,14);(H,6,7). The second-order valence-electron chi connectivity index (χ2n) is 17.6. The fourth-order valence-electron chi connectivity index (χ4n) is 7.52. The maximum atomic E-state index is 13.5. The molecule has 0 spiro atoms. The Labute approximate surface area is 454 Å². The Hall–Kier alpha value is -5.68. The maximum Gasteiger partial charge on any atom is 0.490 e. The molecule has 2 saturated heterocycles. The number of aliphatic carboxylic acids is 1. The van der Waals surface area contributed by atoms with Gasteiger partial charge in [0.15, 0.2) is 0 Å². The van der Waals surface area contributed by atoms with Gasteiger partial charge in [-0.3, -0.25) is 4.79 Å². The van der Waals surface area contributed by atoms with E-state index in [1.807, 2.05) is 12.1 Å². The molecule has 1 amide bonds. The van der Waals surface area contributed by atoms with Crippen LogP contribution in [0.3, 0.4) is 0 Å². The van der Waals surface area contributed by atoms with Crippen molar-refractivity contribution >= 4 is 86.1 Å². The number of carbonyl (C=O) groups is 3. The van der Waals surface area contributed by atoms with Gasteiger partial charge < -0.3 is 50.8 Å². The molecule has 24 heteroatoms. The number of fused-ring (bicyclic) bond motifs is 2. The van der Waals surface area contributed by atoms with E-state index in [0.29, 0.717) is 51.6 Å². The third kappa shape index (κ3) is 20.7. The van der Waals surface area contributed by atoms with Gasteiger partial charge >= 0.3 is 18.1 Å². The van der Waals surface area contributed by atoms with Crippen LogP contribution in [0.4, 0.5) is 22.0 Å². The van der Waals surface area contributed by atoms with Gasteiger partial charge in [0, 0.05) is 71.2 Å². The van der Waals surface area contributed by atoms with Crippen LogP contribution in [0.15, 0.2) is 97.1 Å². The molecule has 410 valence electrons. The van der Waals surface area contributed by atoms with E-state index in [2.05, 4.69) is 25.1 Å². The molecular weight excluding hydrogens is 1090 g/mol. The summed E-state index contributed by atoms with van der Waals surface area (Å²) in [5.74, 6) is -4.32. The van der Waals surface area contributed by atoms with Crippen molar-refractivity contribution in [1.82, 2.24) is 25.1 Å². The van der Waals surface area contributed by atoms with Crippen LogP contribution in [0.5, 0.6) is 11.5 Å². The van der Waals surface area contributed by atoms with E-state index < -0.39 is 42.0 Å². The molecule has 7 N–H and O–H groups in total. The zero-order valence-electron chi connectivity index (χ0n) is 40.5. The van der Waals surface area contributed by atoms with E-state index in [4.69, 9.17) is 76.6 Å². The average molecular weight is 1140 g/mol. The lowest BCUT2D eigenvalue weighted by Crippen LogP contribution is -2.45. The van der Waals surface area contributed by atoms with Crippen LogP contribution in [-0.4, -0.2) is 141 Å². The molecule has 2 aliphatic rings. The summed E-state index contributed by atoms with van der Waals surface area (Å²) in [5, 5.41) is 42.1. The summed E-state index contributed by atoms with van der Waals surface area (Å²) in [6, 6.07) is 26.1. The molecule has 2 atom stereocenters. The van der Waals surface area contributed by atoms with Crippen LogP contribution in [0.2, 0.25) is 20.1 Å². The van der Waals surface area contributed by atoms with E-state index in [1.54, 1.807) is 54.6 Å². The number of carboxylic acids is 2. The fourth-order valence-corrected chi connectivity index (χ4v) is 8.12. The Balaban J connectivity index is 0.000000215.